The topological polar surface area (TPSA) is 26.3 Å². The van der Waals surface area contributed by atoms with Crippen LogP contribution in [0.5, 0.6) is 0 Å². The molecule has 0 saturated carbocycles. The van der Waals surface area contributed by atoms with E-state index >= 15 is 0 Å². The van der Waals surface area contributed by atoms with Crippen molar-refractivity contribution >= 4 is 12.0 Å². The van der Waals surface area contributed by atoms with Crippen molar-refractivity contribution in [2.75, 3.05) is 7.11 Å². The fourth-order valence-corrected chi connectivity index (χ4v) is 2.01. The van der Waals surface area contributed by atoms with Gasteiger partial charge in [-0.25, -0.2) is 4.79 Å². The maximum atomic E-state index is 11.7. The van der Waals surface area contributed by atoms with Gasteiger partial charge >= 0.3 is 5.97 Å². The number of rotatable bonds is 4. The molecule has 21 heavy (non-hydrogen) atoms. The molecule has 0 atom stereocenters. The number of esters is 1. The summed E-state index contributed by atoms with van der Waals surface area (Å²) in [6, 6.07) is 15.9. The van der Waals surface area contributed by atoms with Crippen molar-refractivity contribution < 1.29 is 9.53 Å². The van der Waals surface area contributed by atoms with Gasteiger partial charge in [0.05, 0.1) is 12.7 Å². The number of methoxy groups -OCH3 is 1. The summed E-state index contributed by atoms with van der Waals surface area (Å²) in [6.45, 7) is 7.71. The van der Waals surface area contributed by atoms with Gasteiger partial charge in [0.2, 0.25) is 0 Å². The zero-order chi connectivity index (χ0) is 15.7. The Morgan fingerprint density at radius 2 is 1.76 bits per heavy atom. The number of hydrogen-bond acceptors (Lipinski definition) is 2. The Balaban J connectivity index is 0.00000106. The molecule has 2 aromatic carbocycles. The Labute approximate surface area is 127 Å². The lowest BCUT2D eigenvalue weighted by Gasteiger charge is -2.08. The first-order chi connectivity index (χ1) is 10.2. The van der Waals surface area contributed by atoms with Crippen LogP contribution in [-0.4, -0.2) is 13.1 Å². The monoisotopic (exact) mass is 282 g/mol. The molecule has 0 aliphatic carbocycles. The Hall–Kier alpha value is -2.35. The van der Waals surface area contributed by atoms with E-state index in [4.69, 9.17) is 4.74 Å². The average Bonchev–Trinajstić information content (AvgIpc) is 2.57. The number of ether oxygens (including phenoxy) is 1. The molecule has 2 nitrogen and oxygen atoms in total. The molecule has 110 valence electrons. The molecule has 0 bridgehead atoms. The van der Waals surface area contributed by atoms with Gasteiger partial charge in [0.1, 0.15) is 0 Å². The molecule has 0 aliphatic rings. The number of carbonyl (C=O) groups is 1. The van der Waals surface area contributed by atoms with Crippen LogP contribution in [-0.2, 0) is 11.2 Å². The summed E-state index contributed by atoms with van der Waals surface area (Å²) in [4.78, 5) is 11.7. The molecular weight excluding hydrogens is 260 g/mol. The Kier molecular flexibility index (Phi) is 6.96. The van der Waals surface area contributed by atoms with E-state index in [9.17, 15) is 4.79 Å². The predicted octanol–water partition coefficient (Wildman–Crippen LogP) is 4.73. The van der Waals surface area contributed by atoms with E-state index < -0.39 is 0 Å². The number of hydrogen-bond donors (Lipinski definition) is 0. The molecular formula is C19H22O2. The highest BCUT2D eigenvalue weighted by molar-refractivity contribution is 5.93. The molecule has 0 spiro atoms. The van der Waals surface area contributed by atoms with Gasteiger partial charge in [-0.05, 0) is 29.2 Å². The lowest BCUT2D eigenvalue weighted by atomic mass is 9.99. The van der Waals surface area contributed by atoms with Crippen LogP contribution >= 0.6 is 0 Å². The molecule has 0 saturated heterocycles. The van der Waals surface area contributed by atoms with Crippen LogP contribution in [0.15, 0.2) is 55.1 Å². The van der Waals surface area contributed by atoms with E-state index in [0.717, 1.165) is 17.5 Å². The van der Waals surface area contributed by atoms with Crippen LogP contribution in [0.4, 0.5) is 0 Å². The lowest BCUT2D eigenvalue weighted by molar-refractivity contribution is 0.0600. The standard InChI is InChI=1S/C17H16O2.C2H6/c1-3-15-10-9-14(12-16(15)17(18)19-2)11-13-7-5-4-6-8-13;1-2/h3-10,12H,1,11H2,2H3;1-2H3. The second-order valence-corrected chi connectivity index (χ2v) is 4.28. The highest BCUT2D eigenvalue weighted by Crippen LogP contribution is 2.17. The van der Waals surface area contributed by atoms with Gasteiger partial charge in [0.15, 0.2) is 0 Å². The first kappa shape index (κ1) is 16.7. The first-order valence-electron chi connectivity index (χ1n) is 7.12. The van der Waals surface area contributed by atoms with Gasteiger partial charge in [0, 0.05) is 0 Å². The summed E-state index contributed by atoms with van der Waals surface area (Å²) in [5, 5.41) is 0. The molecule has 2 aromatic rings. The molecule has 0 radical (unpaired) electrons. The van der Waals surface area contributed by atoms with Gasteiger partial charge < -0.3 is 4.74 Å². The highest BCUT2D eigenvalue weighted by Gasteiger charge is 2.10. The molecule has 0 heterocycles. The fourth-order valence-electron chi connectivity index (χ4n) is 2.01. The van der Waals surface area contributed by atoms with Crippen molar-refractivity contribution in [3.05, 3.63) is 77.4 Å². The summed E-state index contributed by atoms with van der Waals surface area (Å²) >= 11 is 0. The van der Waals surface area contributed by atoms with Crippen molar-refractivity contribution in [1.82, 2.24) is 0 Å². The summed E-state index contributed by atoms with van der Waals surface area (Å²) in [5.41, 5.74) is 3.65. The van der Waals surface area contributed by atoms with E-state index in [2.05, 4.69) is 18.7 Å². The maximum absolute atomic E-state index is 11.7. The van der Waals surface area contributed by atoms with Crippen molar-refractivity contribution in [3.63, 3.8) is 0 Å². The molecule has 0 aromatic heterocycles. The SMILES string of the molecule is C=Cc1ccc(Cc2ccccc2)cc1C(=O)OC.CC. The zero-order valence-corrected chi connectivity index (χ0v) is 12.9. The van der Waals surface area contributed by atoms with Gasteiger partial charge in [-0.3, -0.25) is 0 Å². The van der Waals surface area contributed by atoms with Gasteiger partial charge in [0.25, 0.3) is 0 Å². The van der Waals surface area contributed by atoms with Crippen LogP contribution in [0.1, 0.15) is 40.9 Å². The normalized spacial score (nSPS) is 9.29. The fraction of sp³-hybridized carbons (Fsp3) is 0.211. The van der Waals surface area contributed by atoms with Crippen molar-refractivity contribution in [2.45, 2.75) is 20.3 Å². The molecule has 0 fully saturated rings. The van der Waals surface area contributed by atoms with Crippen LogP contribution in [0.2, 0.25) is 0 Å². The van der Waals surface area contributed by atoms with Gasteiger partial charge in [-0.2, -0.15) is 0 Å². The molecule has 0 amide bonds. The highest BCUT2D eigenvalue weighted by atomic mass is 16.5. The van der Waals surface area contributed by atoms with E-state index in [0.29, 0.717) is 5.56 Å². The zero-order valence-electron chi connectivity index (χ0n) is 12.9. The third-order valence-corrected chi connectivity index (χ3v) is 2.99. The van der Waals surface area contributed by atoms with E-state index in [1.54, 1.807) is 6.08 Å². The first-order valence-corrected chi connectivity index (χ1v) is 7.12. The summed E-state index contributed by atoms with van der Waals surface area (Å²) in [7, 11) is 1.39. The summed E-state index contributed by atoms with van der Waals surface area (Å²) in [5.74, 6) is -0.329. The molecule has 0 aliphatic heterocycles. The molecule has 0 unspecified atom stereocenters. The summed E-state index contributed by atoms with van der Waals surface area (Å²) in [6.07, 6.45) is 2.46. The Bertz CT molecular complexity index is 586. The van der Waals surface area contributed by atoms with Crippen LogP contribution < -0.4 is 0 Å². The van der Waals surface area contributed by atoms with Crippen LogP contribution in [0.25, 0.3) is 6.08 Å². The third kappa shape index (κ3) is 4.60. The number of benzene rings is 2. The minimum absolute atomic E-state index is 0.329. The smallest absolute Gasteiger partial charge is 0.338 e. The molecule has 0 N–H and O–H groups in total. The quantitative estimate of drug-likeness (QED) is 0.758. The maximum Gasteiger partial charge on any atom is 0.338 e. The van der Waals surface area contributed by atoms with E-state index in [1.807, 2.05) is 50.2 Å². The molecule has 2 heteroatoms. The van der Waals surface area contributed by atoms with Crippen molar-refractivity contribution in [3.8, 4) is 0 Å². The predicted molar refractivity (Wildman–Crippen MR) is 88.5 cm³/mol. The van der Waals surface area contributed by atoms with E-state index in [-0.39, 0.29) is 5.97 Å². The average molecular weight is 282 g/mol. The van der Waals surface area contributed by atoms with Crippen LogP contribution in [0.3, 0.4) is 0 Å². The van der Waals surface area contributed by atoms with E-state index in [1.165, 1.54) is 12.7 Å². The molecule has 2 rings (SSSR count). The van der Waals surface area contributed by atoms with Gasteiger partial charge in [-0.15, -0.1) is 0 Å². The number of carbonyl (C=O) groups excluding carboxylic acids is 1. The third-order valence-electron chi connectivity index (χ3n) is 2.99. The van der Waals surface area contributed by atoms with Crippen molar-refractivity contribution in [1.29, 1.82) is 0 Å². The Morgan fingerprint density at radius 1 is 1.10 bits per heavy atom. The largest absolute Gasteiger partial charge is 0.465 e. The minimum atomic E-state index is -0.329. The lowest BCUT2D eigenvalue weighted by Crippen LogP contribution is -2.04. The van der Waals surface area contributed by atoms with Crippen LogP contribution in [0, 0.1) is 0 Å². The van der Waals surface area contributed by atoms with Crippen molar-refractivity contribution in [2.24, 2.45) is 0 Å². The van der Waals surface area contributed by atoms with Gasteiger partial charge in [-0.1, -0.05) is 69.0 Å². The second-order valence-electron chi connectivity index (χ2n) is 4.28. The second kappa shape index (κ2) is 8.75. The summed E-state index contributed by atoms with van der Waals surface area (Å²) < 4.78 is 4.80. The Morgan fingerprint density at radius 3 is 2.33 bits per heavy atom. The minimum Gasteiger partial charge on any atom is -0.465 e.